The Kier molecular flexibility index (Phi) is 2.90. The van der Waals surface area contributed by atoms with Crippen LogP contribution in [0.5, 0.6) is 0 Å². The van der Waals surface area contributed by atoms with Crippen molar-refractivity contribution in [3.05, 3.63) is 44.5 Å². The topological polar surface area (TPSA) is 101 Å². The fraction of sp³-hybridized carbons (Fsp3) is 0.308. The van der Waals surface area contributed by atoms with Gasteiger partial charge < -0.3 is 14.8 Å². The molecule has 0 amide bonds. The number of nitrogens with one attached hydrogen (secondary N) is 1. The number of H-pyrrole nitrogens is 1. The maximum Gasteiger partial charge on any atom is 0.335 e. The highest BCUT2D eigenvalue weighted by Gasteiger charge is 2.22. The van der Waals surface area contributed by atoms with Crippen LogP contribution in [-0.4, -0.2) is 33.8 Å². The molecule has 2 aromatic rings. The molecule has 1 aliphatic rings. The lowest BCUT2D eigenvalue weighted by Gasteiger charge is -2.15. The van der Waals surface area contributed by atoms with Crippen molar-refractivity contribution in [2.24, 2.45) is 0 Å². The Labute approximate surface area is 112 Å². The number of hydrogen-bond donors (Lipinski definition) is 2. The van der Waals surface area contributed by atoms with Gasteiger partial charge in [0.15, 0.2) is 0 Å². The molecule has 0 spiro atoms. The number of aromatic amines is 1. The first-order chi connectivity index (χ1) is 9.58. The Balaban J connectivity index is 2.32. The van der Waals surface area contributed by atoms with Gasteiger partial charge in [-0.3, -0.25) is 14.2 Å². The minimum Gasteiger partial charge on any atom is -0.478 e. The highest BCUT2D eigenvalue weighted by atomic mass is 16.5. The summed E-state index contributed by atoms with van der Waals surface area (Å²) in [5.74, 6) is -1.09. The van der Waals surface area contributed by atoms with Crippen LogP contribution in [0.15, 0.2) is 27.8 Å². The third-order valence-corrected chi connectivity index (χ3v) is 3.44. The molecular weight excluding hydrogens is 264 g/mol. The highest BCUT2D eigenvalue weighted by molar-refractivity contribution is 5.92. The monoisotopic (exact) mass is 276 g/mol. The minimum absolute atomic E-state index is 0.0565. The summed E-state index contributed by atoms with van der Waals surface area (Å²) in [7, 11) is 0. The predicted molar refractivity (Wildman–Crippen MR) is 70.3 cm³/mol. The lowest BCUT2D eigenvalue weighted by atomic mass is 10.1. The molecule has 20 heavy (non-hydrogen) atoms. The third kappa shape index (κ3) is 1.92. The van der Waals surface area contributed by atoms with Crippen molar-refractivity contribution in [3.8, 4) is 0 Å². The molecule has 1 fully saturated rings. The van der Waals surface area contributed by atoms with Gasteiger partial charge in [0.25, 0.3) is 0 Å². The summed E-state index contributed by atoms with van der Waals surface area (Å²) in [6.07, 6.45) is 0.652. The van der Waals surface area contributed by atoms with E-state index in [-0.39, 0.29) is 11.6 Å². The number of aromatic carboxylic acids is 1. The van der Waals surface area contributed by atoms with E-state index in [0.29, 0.717) is 30.7 Å². The summed E-state index contributed by atoms with van der Waals surface area (Å²) in [5, 5.41) is 8.97. The van der Waals surface area contributed by atoms with Crippen LogP contribution in [0.25, 0.3) is 11.0 Å². The van der Waals surface area contributed by atoms with Crippen LogP contribution in [0.2, 0.25) is 0 Å². The van der Waals surface area contributed by atoms with Crippen molar-refractivity contribution in [2.75, 3.05) is 13.2 Å². The van der Waals surface area contributed by atoms with Crippen molar-refractivity contribution < 1.29 is 14.6 Å². The number of hydrogen-bond acceptors (Lipinski definition) is 4. The molecule has 0 aliphatic carbocycles. The SMILES string of the molecule is O=C(O)c1ccc2c(c1)[nH]c(=O)c(=O)n2C1CCOC1. The molecule has 1 saturated heterocycles. The fourth-order valence-corrected chi connectivity index (χ4v) is 2.46. The molecule has 3 rings (SSSR count). The number of carbonyl (C=O) groups is 1. The zero-order valence-corrected chi connectivity index (χ0v) is 10.5. The van der Waals surface area contributed by atoms with E-state index < -0.39 is 17.1 Å². The van der Waals surface area contributed by atoms with Gasteiger partial charge >= 0.3 is 17.1 Å². The van der Waals surface area contributed by atoms with Crippen molar-refractivity contribution in [3.63, 3.8) is 0 Å². The molecule has 7 nitrogen and oxygen atoms in total. The van der Waals surface area contributed by atoms with Gasteiger partial charge in [-0.25, -0.2) is 4.79 Å². The Morgan fingerprint density at radius 2 is 2.20 bits per heavy atom. The molecule has 1 aromatic heterocycles. The maximum absolute atomic E-state index is 12.0. The van der Waals surface area contributed by atoms with Crippen molar-refractivity contribution in [1.82, 2.24) is 9.55 Å². The average molecular weight is 276 g/mol. The van der Waals surface area contributed by atoms with Crippen LogP contribution >= 0.6 is 0 Å². The van der Waals surface area contributed by atoms with Crippen molar-refractivity contribution in [1.29, 1.82) is 0 Å². The lowest BCUT2D eigenvalue weighted by molar-refractivity contribution is 0.0697. The van der Waals surface area contributed by atoms with Crippen LogP contribution in [0.3, 0.4) is 0 Å². The van der Waals surface area contributed by atoms with E-state index in [9.17, 15) is 14.4 Å². The summed E-state index contributed by atoms with van der Waals surface area (Å²) in [4.78, 5) is 37.1. The molecule has 2 N–H and O–H groups in total. The normalized spacial score (nSPS) is 18.5. The Morgan fingerprint density at radius 1 is 1.40 bits per heavy atom. The Morgan fingerprint density at radius 3 is 2.85 bits per heavy atom. The summed E-state index contributed by atoms with van der Waals surface area (Å²) in [6.45, 7) is 0.914. The van der Waals surface area contributed by atoms with Crippen molar-refractivity contribution in [2.45, 2.75) is 12.5 Å². The van der Waals surface area contributed by atoms with Gasteiger partial charge in [0.1, 0.15) is 0 Å². The standard InChI is InChI=1S/C13H12N2O5/c16-11-12(17)15(8-3-4-20-6-8)10-2-1-7(13(18)19)5-9(10)14-11/h1-2,5,8H,3-4,6H2,(H,14,16)(H,18,19). The second kappa shape index (κ2) is 4.61. The molecule has 7 heteroatoms. The largest absolute Gasteiger partial charge is 0.478 e. The first-order valence-corrected chi connectivity index (χ1v) is 6.17. The van der Waals surface area contributed by atoms with E-state index in [1.54, 1.807) is 0 Å². The maximum atomic E-state index is 12.0. The number of benzene rings is 1. The minimum atomic E-state index is -1.09. The van der Waals surface area contributed by atoms with Gasteiger partial charge in [-0.05, 0) is 24.6 Å². The summed E-state index contributed by atoms with van der Waals surface area (Å²) < 4.78 is 6.65. The zero-order valence-electron chi connectivity index (χ0n) is 10.5. The van der Waals surface area contributed by atoms with E-state index in [1.165, 1.54) is 22.8 Å². The quantitative estimate of drug-likeness (QED) is 0.771. The molecule has 0 radical (unpaired) electrons. The van der Waals surface area contributed by atoms with E-state index >= 15 is 0 Å². The number of fused-ring (bicyclic) bond motifs is 1. The molecule has 0 saturated carbocycles. The Bertz CT molecular complexity index is 798. The second-order valence-electron chi connectivity index (χ2n) is 4.68. The van der Waals surface area contributed by atoms with Gasteiger partial charge in [-0.15, -0.1) is 0 Å². The van der Waals surface area contributed by atoms with E-state index in [4.69, 9.17) is 9.84 Å². The number of aromatic nitrogens is 2. The Hall–Kier alpha value is -2.41. The van der Waals surface area contributed by atoms with Gasteiger partial charge in [0.05, 0.1) is 29.2 Å². The van der Waals surface area contributed by atoms with Crippen LogP contribution < -0.4 is 11.1 Å². The molecular formula is C13H12N2O5. The molecule has 1 aliphatic heterocycles. The first-order valence-electron chi connectivity index (χ1n) is 6.17. The number of rotatable bonds is 2. The highest BCUT2D eigenvalue weighted by Crippen LogP contribution is 2.21. The average Bonchev–Trinajstić information content (AvgIpc) is 2.93. The van der Waals surface area contributed by atoms with Crippen LogP contribution in [-0.2, 0) is 4.74 Å². The van der Waals surface area contributed by atoms with Gasteiger partial charge in [0, 0.05) is 6.61 Å². The second-order valence-corrected chi connectivity index (χ2v) is 4.68. The molecule has 2 heterocycles. The molecule has 0 bridgehead atoms. The fourth-order valence-electron chi connectivity index (χ4n) is 2.46. The third-order valence-electron chi connectivity index (χ3n) is 3.44. The predicted octanol–water partition coefficient (Wildman–Crippen LogP) is 0.349. The van der Waals surface area contributed by atoms with Gasteiger partial charge in [-0.2, -0.15) is 0 Å². The first kappa shape index (κ1) is 12.6. The van der Waals surface area contributed by atoms with E-state index in [2.05, 4.69) is 4.98 Å². The summed E-state index contributed by atoms with van der Waals surface area (Å²) in [5.41, 5.74) is -0.500. The summed E-state index contributed by atoms with van der Waals surface area (Å²) in [6, 6.07) is 4.11. The smallest absolute Gasteiger partial charge is 0.335 e. The molecule has 1 aromatic carbocycles. The number of nitrogens with zero attached hydrogens (tertiary/aromatic N) is 1. The van der Waals surface area contributed by atoms with Crippen LogP contribution in [0.4, 0.5) is 0 Å². The lowest BCUT2D eigenvalue weighted by Crippen LogP contribution is -2.38. The number of carboxylic acid groups (broad SMARTS) is 1. The number of carboxylic acids is 1. The van der Waals surface area contributed by atoms with Gasteiger partial charge in [-0.1, -0.05) is 0 Å². The van der Waals surface area contributed by atoms with E-state index in [1.807, 2.05) is 0 Å². The molecule has 1 atom stereocenters. The molecule has 104 valence electrons. The van der Waals surface area contributed by atoms with E-state index in [0.717, 1.165) is 0 Å². The van der Waals surface area contributed by atoms with Crippen LogP contribution in [0, 0.1) is 0 Å². The van der Waals surface area contributed by atoms with Gasteiger partial charge in [0.2, 0.25) is 0 Å². The van der Waals surface area contributed by atoms with Crippen molar-refractivity contribution >= 4 is 17.0 Å². The summed E-state index contributed by atoms with van der Waals surface area (Å²) >= 11 is 0. The van der Waals surface area contributed by atoms with Crippen LogP contribution in [0.1, 0.15) is 22.8 Å². The zero-order chi connectivity index (χ0) is 14.3. The molecule has 1 unspecified atom stereocenters. The number of ether oxygens (including phenoxy) is 1.